The Bertz CT molecular complexity index is 715. The summed E-state index contributed by atoms with van der Waals surface area (Å²) in [7, 11) is 0. The molecule has 0 aliphatic rings. The number of aryl methyl sites for hydroxylation is 2. The van der Waals surface area contributed by atoms with E-state index in [1.807, 2.05) is 22.5 Å². The molecule has 0 radical (unpaired) electrons. The van der Waals surface area contributed by atoms with Crippen molar-refractivity contribution in [3.8, 4) is 0 Å². The zero-order valence-corrected chi connectivity index (χ0v) is 12.4. The summed E-state index contributed by atoms with van der Waals surface area (Å²) in [6.07, 6.45) is 5.75. The van der Waals surface area contributed by atoms with Gasteiger partial charge in [-0.2, -0.15) is 5.10 Å². The summed E-state index contributed by atoms with van der Waals surface area (Å²) in [6, 6.07) is 2.05. The highest BCUT2D eigenvalue weighted by molar-refractivity contribution is 7.16. The fourth-order valence-corrected chi connectivity index (χ4v) is 2.85. The highest BCUT2D eigenvalue weighted by Crippen LogP contribution is 2.27. The van der Waals surface area contributed by atoms with Crippen LogP contribution in [0, 0.1) is 0 Å². The van der Waals surface area contributed by atoms with Gasteiger partial charge in [-0.05, 0) is 17.9 Å². The van der Waals surface area contributed by atoms with Crippen LogP contribution in [-0.4, -0.2) is 19.7 Å². The average molecular weight is 287 g/mol. The van der Waals surface area contributed by atoms with Gasteiger partial charge in [0, 0.05) is 19.2 Å². The Morgan fingerprint density at radius 1 is 1.30 bits per heavy atom. The second-order valence-corrected chi connectivity index (χ2v) is 5.49. The minimum absolute atomic E-state index is 0.831. The number of fused-ring (bicyclic) bond motifs is 1. The maximum absolute atomic E-state index is 4.59. The van der Waals surface area contributed by atoms with E-state index >= 15 is 0 Å². The molecule has 0 amide bonds. The van der Waals surface area contributed by atoms with Crippen molar-refractivity contribution in [1.29, 1.82) is 0 Å². The second-order valence-electron chi connectivity index (χ2n) is 4.60. The smallest absolute Gasteiger partial charge is 0.142 e. The predicted octanol–water partition coefficient (Wildman–Crippen LogP) is 3.60. The number of rotatable bonds is 5. The molecule has 1 N–H and O–H groups in total. The minimum atomic E-state index is 0.831. The van der Waals surface area contributed by atoms with E-state index in [9.17, 15) is 0 Å². The molecular weight excluding hydrogens is 270 g/mol. The summed E-state index contributed by atoms with van der Waals surface area (Å²) in [5, 5.41) is 10.8. The Balaban J connectivity index is 1.94. The highest BCUT2D eigenvalue weighted by atomic mass is 32.1. The van der Waals surface area contributed by atoms with Gasteiger partial charge in [0.2, 0.25) is 0 Å². The van der Waals surface area contributed by atoms with E-state index in [1.165, 1.54) is 0 Å². The number of thiophene rings is 1. The lowest BCUT2D eigenvalue weighted by molar-refractivity contribution is 0.603. The molecule has 3 rings (SSSR count). The zero-order valence-electron chi connectivity index (χ0n) is 11.6. The molecule has 20 heavy (non-hydrogen) atoms. The summed E-state index contributed by atoms with van der Waals surface area (Å²) in [5.74, 6) is 1.73. The molecule has 3 heterocycles. The third kappa shape index (κ3) is 2.51. The normalized spacial score (nSPS) is 11.1. The molecule has 0 fully saturated rings. The molecule has 0 saturated carbocycles. The number of nitrogens with one attached hydrogen (secondary N) is 1. The molecule has 0 aliphatic carbocycles. The lowest BCUT2D eigenvalue weighted by Gasteiger charge is -2.06. The van der Waals surface area contributed by atoms with Gasteiger partial charge in [0.1, 0.15) is 16.5 Å². The zero-order chi connectivity index (χ0) is 13.9. The summed E-state index contributed by atoms with van der Waals surface area (Å²) in [4.78, 5) is 10.2. The van der Waals surface area contributed by atoms with E-state index in [1.54, 1.807) is 11.3 Å². The maximum Gasteiger partial charge on any atom is 0.142 e. The highest BCUT2D eigenvalue weighted by Gasteiger charge is 2.09. The number of anilines is 2. The van der Waals surface area contributed by atoms with Gasteiger partial charge in [-0.25, -0.2) is 9.97 Å². The van der Waals surface area contributed by atoms with Crippen molar-refractivity contribution in [1.82, 2.24) is 19.7 Å². The van der Waals surface area contributed by atoms with Crippen LogP contribution in [0.15, 0.2) is 23.8 Å². The predicted molar refractivity (Wildman–Crippen MR) is 82.6 cm³/mol. The van der Waals surface area contributed by atoms with Gasteiger partial charge in [0.15, 0.2) is 0 Å². The molecule has 5 nitrogen and oxygen atoms in total. The molecule has 3 aromatic heterocycles. The van der Waals surface area contributed by atoms with Crippen LogP contribution in [0.1, 0.15) is 26.1 Å². The molecule has 3 aromatic rings. The minimum Gasteiger partial charge on any atom is -0.337 e. The molecule has 0 bridgehead atoms. The van der Waals surface area contributed by atoms with E-state index in [4.69, 9.17) is 0 Å². The fourth-order valence-electron chi connectivity index (χ4n) is 2.07. The second kappa shape index (κ2) is 5.58. The topological polar surface area (TPSA) is 55.6 Å². The van der Waals surface area contributed by atoms with E-state index in [0.29, 0.717) is 0 Å². The van der Waals surface area contributed by atoms with Crippen LogP contribution < -0.4 is 5.32 Å². The number of aromatic nitrogens is 4. The standard InChI is InChI=1S/C14H17N5S/c1-3-6-19-9-10(8-15-19)16-13-11-5-7-20-14(11)18-12(4-2)17-13/h5,7-9H,3-4,6H2,1-2H3,(H,16,17,18). The number of nitrogens with zero attached hydrogens (tertiary/aromatic N) is 4. The summed E-state index contributed by atoms with van der Waals surface area (Å²) in [6.45, 7) is 5.14. The molecule has 0 saturated heterocycles. The van der Waals surface area contributed by atoms with Gasteiger partial charge >= 0.3 is 0 Å². The van der Waals surface area contributed by atoms with Crippen LogP contribution in [0.2, 0.25) is 0 Å². The van der Waals surface area contributed by atoms with Crippen molar-refractivity contribution in [2.75, 3.05) is 5.32 Å². The summed E-state index contributed by atoms with van der Waals surface area (Å²) >= 11 is 1.64. The monoisotopic (exact) mass is 287 g/mol. The van der Waals surface area contributed by atoms with Gasteiger partial charge in [-0.15, -0.1) is 11.3 Å². The van der Waals surface area contributed by atoms with Gasteiger partial charge in [-0.3, -0.25) is 4.68 Å². The van der Waals surface area contributed by atoms with Crippen molar-refractivity contribution in [2.45, 2.75) is 33.2 Å². The Labute approximate surface area is 121 Å². The Hall–Kier alpha value is -1.95. The van der Waals surface area contributed by atoms with E-state index in [0.717, 1.165) is 46.9 Å². The van der Waals surface area contributed by atoms with Gasteiger partial charge < -0.3 is 5.32 Å². The third-order valence-corrected chi connectivity index (χ3v) is 3.84. The van der Waals surface area contributed by atoms with E-state index < -0.39 is 0 Å². The molecule has 0 aliphatic heterocycles. The molecule has 104 valence electrons. The number of hydrogen-bond donors (Lipinski definition) is 1. The molecule has 0 unspecified atom stereocenters. The SMILES string of the molecule is CCCn1cc(Nc2nc(CC)nc3sccc23)cn1. The molecular formula is C14H17N5S. The van der Waals surface area contributed by atoms with Gasteiger partial charge in [0.25, 0.3) is 0 Å². The Morgan fingerprint density at radius 3 is 3.00 bits per heavy atom. The Kier molecular flexibility index (Phi) is 3.64. The average Bonchev–Trinajstić information content (AvgIpc) is 3.08. The van der Waals surface area contributed by atoms with Crippen LogP contribution in [-0.2, 0) is 13.0 Å². The Morgan fingerprint density at radius 2 is 2.20 bits per heavy atom. The first kappa shape index (κ1) is 13.1. The first-order valence-corrected chi connectivity index (χ1v) is 7.71. The van der Waals surface area contributed by atoms with Crippen molar-refractivity contribution in [3.63, 3.8) is 0 Å². The first-order valence-electron chi connectivity index (χ1n) is 6.83. The van der Waals surface area contributed by atoms with Crippen molar-refractivity contribution in [3.05, 3.63) is 29.7 Å². The van der Waals surface area contributed by atoms with Gasteiger partial charge in [0.05, 0.1) is 17.3 Å². The molecule has 6 heteroatoms. The fraction of sp³-hybridized carbons (Fsp3) is 0.357. The molecule has 0 aromatic carbocycles. The van der Waals surface area contributed by atoms with Crippen LogP contribution in [0.5, 0.6) is 0 Å². The lowest BCUT2D eigenvalue weighted by Crippen LogP contribution is -1.99. The van der Waals surface area contributed by atoms with Crippen molar-refractivity contribution in [2.24, 2.45) is 0 Å². The van der Waals surface area contributed by atoms with Crippen LogP contribution in [0.25, 0.3) is 10.2 Å². The van der Waals surface area contributed by atoms with Crippen LogP contribution >= 0.6 is 11.3 Å². The summed E-state index contributed by atoms with van der Waals surface area (Å²) in [5.41, 5.74) is 0.965. The summed E-state index contributed by atoms with van der Waals surface area (Å²) < 4.78 is 1.94. The van der Waals surface area contributed by atoms with Crippen molar-refractivity contribution < 1.29 is 0 Å². The largest absolute Gasteiger partial charge is 0.337 e. The maximum atomic E-state index is 4.59. The quantitative estimate of drug-likeness (QED) is 0.779. The number of hydrogen-bond acceptors (Lipinski definition) is 5. The van der Waals surface area contributed by atoms with Crippen molar-refractivity contribution >= 4 is 33.1 Å². The van der Waals surface area contributed by atoms with Crippen LogP contribution in [0.4, 0.5) is 11.5 Å². The van der Waals surface area contributed by atoms with E-state index in [-0.39, 0.29) is 0 Å². The first-order chi connectivity index (χ1) is 9.80. The molecule has 0 atom stereocenters. The lowest BCUT2D eigenvalue weighted by atomic mass is 10.3. The van der Waals surface area contributed by atoms with E-state index in [2.05, 4.69) is 40.3 Å². The third-order valence-electron chi connectivity index (χ3n) is 3.04. The van der Waals surface area contributed by atoms with Gasteiger partial charge in [-0.1, -0.05) is 13.8 Å². The van der Waals surface area contributed by atoms with Crippen LogP contribution in [0.3, 0.4) is 0 Å². The molecule has 0 spiro atoms.